The molecule has 0 bridgehead atoms. The molecule has 0 aliphatic heterocycles. The van der Waals surface area contributed by atoms with Gasteiger partial charge < -0.3 is 10.1 Å². The lowest BCUT2D eigenvalue weighted by Crippen LogP contribution is -2.11. The minimum Gasteiger partial charge on any atom is -0.454 e. The van der Waals surface area contributed by atoms with Crippen molar-refractivity contribution < 1.29 is 4.74 Å². The van der Waals surface area contributed by atoms with Crippen molar-refractivity contribution in [3.63, 3.8) is 0 Å². The maximum absolute atomic E-state index is 9.26. The minimum atomic E-state index is 0.406. The van der Waals surface area contributed by atoms with Crippen molar-refractivity contribution in [1.29, 1.82) is 5.26 Å². The van der Waals surface area contributed by atoms with Gasteiger partial charge in [-0.05, 0) is 42.4 Å². The minimum absolute atomic E-state index is 0.406. The number of hydrogen-bond donors (Lipinski definition) is 1. The highest BCUT2D eigenvalue weighted by Gasteiger charge is 2.09. The highest BCUT2D eigenvalue weighted by molar-refractivity contribution is 6.35. The van der Waals surface area contributed by atoms with E-state index in [4.69, 9.17) is 27.9 Å². The molecule has 0 aliphatic carbocycles. The maximum Gasteiger partial charge on any atom is 0.146 e. The van der Waals surface area contributed by atoms with E-state index in [9.17, 15) is 5.26 Å². The van der Waals surface area contributed by atoms with Gasteiger partial charge in [-0.3, -0.25) is 0 Å². The Balaban J connectivity index is 2.25. The van der Waals surface area contributed by atoms with Crippen molar-refractivity contribution in [3.8, 4) is 17.6 Å². The van der Waals surface area contributed by atoms with Crippen molar-refractivity contribution >= 4 is 23.2 Å². The van der Waals surface area contributed by atoms with Crippen LogP contribution >= 0.6 is 23.2 Å². The van der Waals surface area contributed by atoms with E-state index in [0.29, 0.717) is 33.7 Å². The first kappa shape index (κ1) is 15.7. The maximum atomic E-state index is 9.26. The Bertz CT molecular complexity index is 680. The van der Waals surface area contributed by atoms with E-state index in [2.05, 4.69) is 11.4 Å². The number of ether oxygens (including phenoxy) is 1. The van der Waals surface area contributed by atoms with Gasteiger partial charge in [-0.1, -0.05) is 36.2 Å². The summed E-state index contributed by atoms with van der Waals surface area (Å²) in [6.07, 6.45) is 0. The molecule has 0 heterocycles. The van der Waals surface area contributed by atoms with Crippen LogP contribution in [0, 0.1) is 11.3 Å². The summed E-state index contributed by atoms with van der Waals surface area (Å²) in [7, 11) is 0. The summed E-state index contributed by atoms with van der Waals surface area (Å²) in [5.41, 5.74) is 1.50. The first-order valence-electron chi connectivity index (χ1n) is 6.50. The lowest BCUT2D eigenvalue weighted by Gasteiger charge is -2.10. The largest absolute Gasteiger partial charge is 0.454 e. The summed E-state index contributed by atoms with van der Waals surface area (Å²) in [6, 6.07) is 12.6. The Morgan fingerprint density at radius 1 is 1.14 bits per heavy atom. The van der Waals surface area contributed by atoms with Gasteiger partial charge in [0.15, 0.2) is 0 Å². The molecular formula is C16H14Cl2N2O. The predicted molar refractivity (Wildman–Crippen MR) is 85.1 cm³/mol. The van der Waals surface area contributed by atoms with Crippen LogP contribution in [0.15, 0.2) is 36.4 Å². The number of nitrogens with one attached hydrogen (secondary N) is 1. The summed E-state index contributed by atoms with van der Waals surface area (Å²) in [4.78, 5) is 0. The standard InChI is InChI=1S/C16H14Cl2N2O/c1-2-20-10-11-3-5-15(12(7-11)9-19)21-16-6-4-13(17)8-14(16)18/h3-8,20H,2,10H2,1H3. The molecule has 0 saturated carbocycles. The van der Waals surface area contributed by atoms with Crippen LogP contribution in [0.4, 0.5) is 0 Å². The Morgan fingerprint density at radius 3 is 2.57 bits per heavy atom. The quantitative estimate of drug-likeness (QED) is 0.863. The Kier molecular flexibility index (Phi) is 5.46. The third-order valence-corrected chi connectivity index (χ3v) is 3.39. The van der Waals surface area contributed by atoms with Crippen LogP contribution in [0.5, 0.6) is 11.5 Å². The number of benzene rings is 2. The average Bonchev–Trinajstić information content (AvgIpc) is 2.48. The molecule has 21 heavy (non-hydrogen) atoms. The van der Waals surface area contributed by atoms with Crippen LogP contribution in [0.25, 0.3) is 0 Å². The smallest absolute Gasteiger partial charge is 0.146 e. The van der Waals surface area contributed by atoms with E-state index in [1.165, 1.54) is 0 Å². The molecule has 2 rings (SSSR count). The van der Waals surface area contributed by atoms with Gasteiger partial charge in [-0.2, -0.15) is 5.26 Å². The first-order chi connectivity index (χ1) is 10.1. The monoisotopic (exact) mass is 320 g/mol. The Morgan fingerprint density at radius 2 is 1.90 bits per heavy atom. The number of nitriles is 1. The van der Waals surface area contributed by atoms with E-state index >= 15 is 0 Å². The molecule has 0 aliphatic rings. The summed E-state index contributed by atoms with van der Waals surface area (Å²) in [5, 5.41) is 13.4. The van der Waals surface area contributed by atoms with Crippen LogP contribution in [0.3, 0.4) is 0 Å². The molecule has 0 atom stereocenters. The topological polar surface area (TPSA) is 45.0 Å². The lowest BCUT2D eigenvalue weighted by molar-refractivity contribution is 0.481. The van der Waals surface area contributed by atoms with Crippen LogP contribution in [0.1, 0.15) is 18.1 Å². The van der Waals surface area contributed by atoms with E-state index in [1.807, 2.05) is 19.1 Å². The molecule has 0 aromatic heterocycles. The second-order valence-corrected chi connectivity index (χ2v) is 5.24. The van der Waals surface area contributed by atoms with Crippen molar-refractivity contribution in [1.82, 2.24) is 5.32 Å². The van der Waals surface area contributed by atoms with Crippen molar-refractivity contribution in [2.75, 3.05) is 6.54 Å². The molecule has 0 saturated heterocycles. The van der Waals surface area contributed by atoms with Gasteiger partial charge >= 0.3 is 0 Å². The summed E-state index contributed by atoms with van der Waals surface area (Å²) in [5.74, 6) is 0.943. The number of nitrogens with zero attached hydrogens (tertiary/aromatic N) is 1. The van der Waals surface area contributed by atoms with Gasteiger partial charge in [0.05, 0.1) is 10.6 Å². The molecule has 5 heteroatoms. The first-order valence-corrected chi connectivity index (χ1v) is 7.26. The third kappa shape index (κ3) is 4.12. The van der Waals surface area contributed by atoms with Crippen molar-refractivity contribution in [2.24, 2.45) is 0 Å². The zero-order valence-electron chi connectivity index (χ0n) is 11.5. The number of rotatable bonds is 5. The molecular weight excluding hydrogens is 307 g/mol. The number of halogens is 2. The van der Waals surface area contributed by atoms with Gasteiger partial charge in [0.2, 0.25) is 0 Å². The van der Waals surface area contributed by atoms with Gasteiger partial charge in [-0.15, -0.1) is 0 Å². The van der Waals surface area contributed by atoms with E-state index in [-0.39, 0.29) is 0 Å². The molecule has 2 aromatic carbocycles. The normalized spacial score (nSPS) is 10.2. The Hall–Kier alpha value is -1.73. The fraction of sp³-hybridized carbons (Fsp3) is 0.188. The van der Waals surface area contributed by atoms with Gasteiger partial charge in [0, 0.05) is 11.6 Å². The molecule has 2 aromatic rings. The molecule has 0 spiro atoms. The van der Waals surface area contributed by atoms with E-state index < -0.39 is 0 Å². The second kappa shape index (κ2) is 7.33. The SMILES string of the molecule is CCNCc1ccc(Oc2ccc(Cl)cc2Cl)c(C#N)c1. The van der Waals surface area contributed by atoms with Crippen LogP contribution < -0.4 is 10.1 Å². The van der Waals surface area contributed by atoms with Crippen molar-refractivity contribution in [2.45, 2.75) is 13.5 Å². The summed E-state index contributed by atoms with van der Waals surface area (Å²) >= 11 is 11.9. The van der Waals surface area contributed by atoms with Crippen LogP contribution in [-0.4, -0.2) is 6.54 Å². The van der Waals surface area contributed by atoms with Gasteiger partial charge in [0.1, 0.15) is 17.6 Å². The predicted octanol–water partition coefficient (Wildman–Crippen LogP) is 4.77. The molecule has 0 unspecified atom stereocenters. The second-order valence-electron chi connectivity index (χ2n) is 4.40. The summed E-state index contributed by atoms with van der Waals surface area (Å²) < 4.78 is 5.71. The zero-order valence-corrected chi connectivity index (χ0v) is 13.0. The van der Waals surface area contributed by atoms with Gasteiger partial charge in [-0.25, -0.2) is 0 Å². The van der Waals surface area contributed by atoms with Crippen molar-refractivity contribution in [3.05, 3.63) is 57.6 Å². The van der Waals surface area contributed by atoms with Crippen LogP contribution in [0.2, 0.25) is 10.0 Å². The third-order valence-electron chi connectivity index (χ3n) is 2.86. The van der Waals surface area contributed by atoms with E-state index in [1.54, 1.807) is 24.3 Å². The van der Waals surface area contributed by atoms with Gasteiger partial charge in [0.25, 0.3) is 0 Å². The lowest BCUT2D eigenvalue weighted by atomic mass is 10.1. The Labute approximate surface area is 134 Å². The highest BCUT2D eigenvalue weighted by Crippen LogP contribution is 2.33. The van der Waals surface area contributed by atoms with Crippen LogP contribution in [-0.2, 0) is 6.54 Å². The average molecular weight is 321 g/mol. The highest BCUT2D eigenvalue weighted by atomic mass is 35.5. The fourth-order valence-corrected chi connectivity index (χ4v) is 2.26. The molecule has 3 nitrogen and oxygen atoms in total. The molecule has 0 amide bonds. The fourth-order valence-electron chi connectivity index (χ4n) is 1.81. The summed E-state index contributed by atoms with van der Waals surface area (Å²) in [6.45, 7) is 3.62. The van der Waals surface area contributed by atoms with E-state index in [0.717, 1.165) is 12.1 Å². The number of hydrogen-bond acceptors (Lipinski definition) is 3. The zero-order chi connectivity index (χ0) is 15.2. The molecule has 1 N–H and O–H groups in total. The molecule has 0 radical (unpaired) electrons. The molecule has 108 valence electrons. The molecule has 0 fully saturated rings.